The Hall–Kier alpha value is -1.26. The Morgan fingerprint density at radius 1 is 1.16 bits per heavy atom. The van der Waals surface area contributed by atoms with E-state index in [1.807, 2.05) is 4.90 Å². The van der Waals surface area contributed by atoms with Gasteiger partial charge in [0.25, 0.3) is 0 Å². The van der Waals surface area contributed by atoms with E-state index in [4.69, 9.17) is 5.11 Å². The molecule has 0 radical (unpaired) electrons. The first-order valence-electron chi connectivity index (χ1n) is 7.37. The molecular formula is C14H26N2O3. The molecule has 5 nitrogen and oxygen atoms in total. The lowest BCUT2D eigenvalue weighted by Crippen LogP contribution is -2.42. The Morgan fingerprint density at radius 3 is 2.32 bits per heavy atom. The molecule has 0 spiro atoms. The molecule has 0 aromatic heterocycles. The third kappa shape index (κ3) is 6.45. The molecule has 19 heavy (non-hydrogen) atoms. The van der Waals surface area contributed by atoms with Crippen LogP contribution in [0.1, 0.15) is 51.9 Å². The number of urea groups is 1. The predicted molar refractivity (Wildman–Crippen MR) is 74.1 cm³/mol. The molecule has 1 atom stereocenters. The predicted octanol–water partition coefficient (Wildman–Crippen LogP) is 2.46. The van der Waals surface area contributed by atoms with Gasteiger partial charge >= 0.3 is 12.0 Å². The number of nitrogens with one attached hydrogen (secondary N) is 1. The lowest BCUT2D eigenvalue weighted by Gasteiger charge is -2.25. The van der Waals surface area contributed by atoms with Crippen LogP contribution in [0.4, 0.5) is 4.79 Å². The number of aliphatic carboxylic acids is 1. The molecule has 1 heterocycles. The van der Waals surface area contributed by atoms with Gasteiger partial charge in [-0.05, 0) is 25.7 Å². The number of carboxylic acid groups (broad SMARTS) is 1. The molecule has 0 aromatic carbocycles. The van der Waals surface area contributed by atoms with Crippen molar-refractivity contribution in [2.45, 2.75) is 51.9 Å². The van der Waals surface area contributed by atoms with Crippen molar-refractivity contribution in [3.8, 4) is 0 Å². The van der Waals surface area contributed by atoms with Crippen molar-refractivity contribution in [2.75, 3.05) is 19.6 Å². The minimum Gasteiger partial charge on any atom is -0.481 e. The van der Waals surface area contributed by atoms with Crippen molar-refractivity contribution in [2.24, 2.45) is 5.92 Å². The van der Waals surface area contributed by atoms with E-state index in [1.54, 1.807) is 6.92 Å². The summed E-state index contributed by atoms with van der Waals surface area (Å²) in [7, 11) is 0. The number of amides is 2. The van der Waals surface area contributed by atoms with Gasteiger partial charge in [0, 0.05) is 19.6 Å². The van der Waals surface area contributed by atoms with Crippen molar-refractivity contribution in [1.82, 2.24) is 10.2 Å². The Morgan fingerprint density at radius 2 is 1.74 bits per heavy atom. The highest BCUT2D eigenvalue weighted by Crippen LogP contribution is 2.10. The van der Waals surface area contributed by atoms with Crippen LogP contribution >= 0.6 is 0 Å². The molecule has 0 saturated carbocycles. The fourth-order valence-electron chi connectivity index (χ4n) is 2.29. The molecule has 1 unspecified atom stereocenters. The summed E-state index contributed by atoms with van der Waals surface area (Å²) in [5.41, 5.74) is 0. The highest BCUT2D eigenvalue weighted by Gasteiger charge is 2.14. The molecular weight excluding hydrogens is 244 g/mol. The van der Waals surface area contributed by atoms with Crippen LogP contribution in [0.5, 0.6) is 0 Å². The van der Waals surface area contributed by atoms with Crippen LogP contribution in [-0.4, -0.2) is 41.6 Å². The van der Waals surface area contributed by atoms with E-state index in [1.165, 1.54) is 19.3 Å². The maximum Gasteiger partial charge on any atom is 0.317 e. The van der Waals surface area contributed by atoms with Crippen LogP contribution in [0, 0.1) is 5.92 Å². The third-order valence-corrected chi connectivity index (χ3v) is 3.65. The number of hydrogen-bond donors (Lipinski definition) is 2. The summed E-state index contributed by atoms with van der Waals surface area (Å²) in [6.07, 6.45) is 7.19. The third-order valence-electron chi connectivity index (χ3n) is 3.65. The number of carbonyl (C=O) groups is 2. The Bertz CT molecular complexity index is 286. The summed E-state index contributed by atoms with van der Waals surface area (Å²) in [4.78, 5) is 24.5. The maximum absolute atomic E-state index is 11.9. The number of rotatable bonds is 5. The molecule has 1 rings (SSSR count). The molecule has 1 aliphatic heterocycles. The summed E-state index contributed by atoms with van der Waals surface area (Å²) in [6.45, 7) is 3.95. The zero-order valence-electron chi connectivity index (χ0n) is 11.9. The molecule has 110 valence electrons. The van der Waals surface area contributed by atoms with Gasteiger partial charge < -0.3 is 15.3 Å². The van der Waals surface area contributed by atoms with Crippen molar-refractivity contribution >= 4 is 12.0 Å². The largest absolute Gasteiger partial charge is 0.481 e. The van der Waals surface area contributed by atoms with Gasteiger partial charge in [-0.1, -0.05) is 26.2 Å². The summed E-state index contributed by atoms with van der Waals surface area (Å²) < 4.78 is 0. The first-order valence-corrected chi connectivity index (χ1v) is 7.37. The zero-order valence-corrected chi connectivity index (χ0v) is 11.9. The van der Waals surface area contributed by atoms with Crippen LogP contribution in [0.3, 0.4) is 0 Å². The van der Waals surface area contributed by atoms with Crippen molar-refractivity contribution < 1.29 is 14.7 Å². The summed E-state index contributed by atoms with van der Waals surface area (Å²) in [5, 5.41) is 11.6. The highest BCUT2D eigenvalue weighted by molar-refractivity contribution is 5.74. The number of nitrogens with zero attached hydrogens (tertiary/aromatic N) is 1. The van der Waals surface area contributed by atoms with E-state index < -0.39 is 5.97 Å². The van der Waals surface area contributed by atoms with Crippen LogP contribution in [-0.2, 0) is 4.79 Å². The number of carbonyl (C=O) groups excluding carboxylic acids is 1. The van der Waals surface area contributed by atoms with Gasteiger partial charge in [0.2, 0.25) is 0 Å². The summed E-state index contributed by atoms with van der Waals surface area (Å²) in [5.74, 6) is -1.10. The van der Waals surface area contributed by atoms with E-state index in [-0.39, 0.29) is 11.9 Å². The van der Waals surface area contributed by atoms with Gasteiger partial charge in [-0.3, -0.25) is 4.79 Å². The second-order valence-electron chi connectivity index (χ2n) is 5.37. The monoisotopic (exact) mass is 270 g/mol. The zero-order chi connectivity index (χ0) is 14.1. The molecule has 0 bridgehead atoms. The number of likely N-dealkylation sites (tertiary alicyclic amines) is 1. The van der Waals surface area contributed by atoms with Gasteiger partial charge in [-0.25, -0.2) is 4.79 Å². The second-order valence-corrected chi connectivity index (χ2v) is 5.37. The minimum absolute atomic E-state index is 0.00452. The Balaban J connectivity index is 2.17. The van der Waals surface area contributed by atoms with E-state index in [0.717, 1.165) is 25.9 Å². The molecule has 1 saturated heterocycles. The maximum atomic E-state index is 11.9. The Labute approximate surface area is 115 Å². The normalized spacial score (nSPS) is 18.3. The Kier molecular flexibility index (Phi) is 7.30. The molecule has 5 heteroatoms. The quantitative estimate of drug-likeness (QED) is 0.754. The summed E-state index contributed by atoms with van der Waals surface area (Å²) in [6, 6.07) is 0.00452. The molecule has 2 N–H and O–H groups in total. The van der Waals surface area contributed by atoms with E-state index in [9.17, 15) is 9.59 Å². The van der Waals surface area contributed by atoms with Crippen LogP contribution in [0.15, 0.2) is 0 Å². The minimum atomic E-state index is -0.768. The van der Waals surface area contributed by atoms with E-state index in [2.05, 4.69) is 5.32 Å². The fraction of sp³-hybridized carbons (Fsp3) is 0.857. The standard InChI is InChI=1S/C14H26N2O3/c1-12(13(17)18)8-7-9-15-14(19)16-10-5-3-2-4-6-11-16/h12H,2-11H2,1H3,(H,15,19)(H,17,18). The molecule has 0 aromatic rings. The van der Waals surface area contributed by atoms with E-state index >= 15 is 0 Å². The van der Waals surface area contributed by atoms with Crippen molar-refractivity contribution in [3.63, 3.8) is 0 Å². The molecule has 0 aliphatic carbocycles. The van der Waals surface area contributed by atoms with Crippen molar-refractivity contribution in [3.05, 3.63) is 0 Å². The van der Waals surface area contributed by atoms with Gasteiger partial charge in [-0.2, -0.15) is 0 Å². The average molecular weight is 270 g/mol. The van der Waals surface area contributed by atoms with Crippen LogP contribution in [0.2, 0.25) is 0 Å². The van der Waals surface area contributed by atoms with Gasteiger partial charge in [0.15, 0.2) is 0 Å². The molecule has 2 amide bonds. The van der Waals surface area contributed by atoms with Crippen LogP contribution < -0.4 is 5.32 Å². The smallest absolute Gasteiger partial charge is 0.317 e. The topological polar surface area (TPSA) is 69.6 Å². The fourth-order valence-corrected chi connectivity index (χ4v) is 2.29. The summed E-state index contributed by atoms with van der Waals surface area (Å²) >= 11 is 0. The average Bonchev–Trinajstić information content (AvgIpc) is 2.33. The lowest BCUT2D eigenvalue weighted by molar-refractivity contribution is -0.141. The van der Waals surface area contributed by atoms with Gasteiger partial charge in [0.05, 0.1) is 5.92 Å². The van der Waals surface area contributed by atoms with Gasteiger partial charge in [0.1, 0.15) is 0 Å². The number of hydrogen-bond acceptors (Lipinski definition) is 2. The number of carboxylic acids is 1. The first kappa shape index (κ1) is 15.8. The first-order chi connectivity index (χ1) is 9.11. The SMILES string of the molecule is CC(CCCNC(=O)N1CCCCCCC1)C(=O)O. The van der Waals surface area contributed by atoms with Crippen LogP contribution in [0.25, 0.3) is 0 Å². The molecule has 1 aliphatic rings. The molecule has 1 fully saturated rings. The van der Waals surface area contributed by atoms with Gasteiger partial charge in [-0.15, -0.1) is 0 Å². The van der Waals surface area contributed by atoms with Crippen molar-refractivity contribution in [1.29, 1.82) is 0 Å². The second kappa shape index (κ2) is 8.77. The highest BCUT2D eigenvalue weighted by atomic mass is 16.4. The van der Waals surface area contributed by atoms with E-state index in [0.29, 0.717) is 19.4 Å². The lowest BCUT2D eigenvalue weighted by atomic mass is 10.1.